The minimum Gasteiger partial charge on any atom is -0.370 e. The van der Waals surface area contributed by atoms with Gasteiger partial charge in [0.15, 0.2) is 0 Å². The van der Waals surface area contributed by atoms with E-state index in [1.807, 2.05) is 25.3 Å². The van der Waals surface area contributed by atoms with E-state index in [4.69, 9.17) is 0 Å². The fourth-order valence-electron chi connectivity index (χ4n) is 1.54. The lowest BCUT2D eigenvalue weighted by atomic mass is 10.3. The first-order valence-electron chi connectivity index (χ1n) is 6.45. The van der Waals surface area contributed by atoms with E-state index in [1.165, 1.54) is 0 Å². The summed E-state index contributed by atoms with van der Waals surface area (Å²) in [5.74, 6) is 0.878. The molecular formula is C13H20N4O. The number of amides is 2. The van der Waals surface area contributed by atoms with E-state index in [-0.39, 0.29) is 6.03 Å². The second-order valence-corrected chi connectivity index (χ2v) is 4.68. The van der Waals surface area contributed by atoms with Crippen molar-refractivity contribution in [3.8, 4) is 0 Å². The highest BCUT2D eigenvalue weighted by molar-refractivity contribution is 5.74. The molecule has 0 radical (unpaired) electrons. The predicted octanol–water partition coefficient (Wildman–Crippen LogP) is 1.65. The van der Waals surface area contributed by atoms with Gasteiger partial charge in [0, 0.05) is 25.3 Å². The smallest absolute Gasteiger partial charge is 0.315 e. The molecule has 1 fully saturated rings. The van der Waals surface area contributed by atoms with Crippen LogP contribution in [0.25, 0.3) is 0 Å². The maximum absolute atomic E-state index is 11.3. The Morgan fingerprint density at radius 3 is 2.89 bits per heavy atom. The maximum atomic E-state index is 11.3. The van der Waals surface area contributed by atoms with E-state index >= 15 is 0 Å². The third kappa shape index (κ3) is 4.61. The predicted molar refractivity (Wildman–Crippen MR) is 71.6 cm³/mol. The first-order valence-corrected chi connectivity index (χ1v) is 6.45. The van der Waals surface area contributed by atoms with Gasteiger partial charge in [-0.15, -0.1) is 0 Å². The fourth-order valence-corrected chi connectivity index (χ4v) is 1.54. The molecule has 2 rings (SSSR count). The highest BCUT2D eigenvalue weighted by atomic mass is 16.2. The van der Waals surface area contributed by atoms with Crippen LogP contribution < -0.4 is 16.0 Å². The summed E-state index contributed by atoms with van der Waals surface area (Å²) in [6.45, 7) is 3.50. The number of urea groups is 1. The maximum Gasteiger partial charge on any atom is 0.315 e. The minimum absolute atomic E-state index is 0.0500. The minimum atomic E-state index is -0.0500. The van der Waals surface area contributed by atoms with Crippen molar-refractivity contribution >= 4 is 11.8 Å². The molecule has 1 aliphatic rings. The molecule has 5 heteroatoms. The van der Waals surface area contributed by atoms with E-state index < -0.39 is 0 Å². The molecule has 0 unspecified atom stereocenters. The Bertz CT molecular complexity index is 386. The molecule has 1 aromatic heterocycles. The number of carbonyl (C=O) groups is 1. The van der Waals surface area contributed by atoms with Gasteiger partial charge in [0.05, 0.1) is 0 Å². The highest BCUT2D eigenvalue weighted by Crippen LogP contribution is 2.18. The van der Waals surface area contributed by atoms with Gasteiger partial charge in [0.25, 0.3) is 0 Å². The van der Waals surface area contributed by atoms with E-state index in [2.05, 4.69) is 20.9 Å². The van der Waals surface area contributed by atoms with Crippen LogP contribution in [0.15, 0.2) is 18.3 Å². The summed E-state index contributed by atoms with van der Waals surface area (Å²) in [5.41, 5.74) is 1.15. The average molecular weight is 248 g/mol. The molecule has 98 valence electrons. The number of pyridine rings is 1. The molecule has 0 atom stereocenters. The standard InChI is InChI=1S/C13H20N4O/c1-10-3-6-12(16-9-10)14-7-2-8-15-13(18)17-11-4-5-11/h3,6,9,11H,2,4-5,7-8H2,1H3,(H,14,16)(H2,15,17,18). The van der Waals surface area contributed by atoms with Crippen LogP contribution in [-0.2, 0) is 0 Å². The van der Waals surface area contributed by atoms with Crippen molar-refractivity contribution in [1.29, 1.82) is 0 Å². The summed E-state index contributed by atoms with van der Waals surface area (Å²) in [6.07, 6.45) is 4.96. The van der Waals surface area contributed by atoms with Crippen molar-refractivity contribution in [3.05, 3.63) is 23.9 Å². The van der Waals surface area contributed by atoms with E-state index in [1.54, 1.807) is 0 Å². The largest absolute Gasteiger partial charge is 0.370 e. The zero-order chi connectivity index (χ0) is 12.8. The summed E-state index contributed by atoms with van der Waals surface area (Å²) in [7, 11) is 0. The fraction of sp³-hybridized carbons (Fsp3) is 0.538. The number of nitrogens with one attached hydrogen (secondary N) is 3. The Labute approximate surface area is 107 Å². The zero-order valence-corrected chi connectivity index (χ0v) is 10.7. The zero-order valence-electron chi connectivity index (χ0n) is 10.7. The van der Waals surface area contributed by atoms with Gasteiger partial charge < -0.3 is 16.0 Å². The van der Waals surface area contributed by atoms with Crippen molar-refractivity contribution in [2.24, 2.45) is 0 Å². The molecule has 2 amide bonds. The van der Waals surface area contributed by atoms with Crippen LogP contribution in [0.2, 0.25) is 0 Å². The second-order valence-electron chi connectivity index (χ2n) is 4.68. The Hall–Kier alpha value is -1.78. The lowest BCUT2D eigenvalue weighted by Crippen LogP contribution is -2.37. The van der Waals surface area contributed by atoms with Crippen LogP contribution in [0.4, 0.5) is 10.6 Å². The first kappa shape index (κ1) is 12.7. The average Bonchev–Trinajstić information content (AvgIpc) is 3.15. The van der Waals surface area contributed by atoms with Gasteiger partial charge in [-0.1, -0.05) is 6.07 Å². The monoisotopic (exact) mass is 248 g/mol. The molecule has 0 saturated heterocycles. The number of carbonyl (C=O) groups excluding carboxylic acids is 1. The number of rotatable bonds is 6. The van der Waals surface area contributed by atoms with E-state index in [0.29, 0.717) is 12.6 Å². The van der Waals surface area contributed by atoms with Gasteiger partial charge in [-0.3, -0.25) is 0 Å². The number of nitrogens with zero attached hydrogens (tertiary/aromatic N) is 1. The Kier molecular flexibility index (Phi) is 4.39. The molecule has 1 aliphatic carbocycles. The molecule has 0 aromatic carbocycles. The van der Waals surface area contributed by atoms with Gasteiger partial charge in [-0.2, -0.15) is 0 Å². The van der Waals surface area contributed by atoms with Crippen molar-refractivity contribution in [2.45, 2.75) is 32.2 Å². The molecule has 3 N–H and O–H groups in total. The van der Waals surface area contributed by atoms with Crippen molar-refractivity contribution in [3.63, 3.8) is 0 Å². The van der Waals surface area contributed by atoms with Crippen LogP contribution in [-0.4, -0.2) is 30.1 Å². The highest BCUT2D eigenvalue weighted by Gasteiger charge is 2.22. The van der Waals surface area contributed by atoms with Crippen LogP contribution in [0.1, 0.15) is 24.8 Å². The van der Waals surface area contributed by atoms with Gasteiger partial charge in [0.1, 0.15) is 5.82 Å². The summed E-state index contributed by atoms with van der Waals surface area (Å²) < 4.78 is 0. The lowest BCUT2D eigenvalue weighted by Gasteiger charge is -2.07. The summed E-state index contributed by atoms with van der Waals surface area (Å²) >= 11 is 0. The molecule has 0 aliphatic heterocycles. The lowest BCUT2D eigenvalue weighted by molar-refractivity contribution is 0.240. The molecule has 5 nitrogen and oxygen atoms in total. The van der Waals surface area contributed by atoms with Crippen molar-refractivity contribution in [2.75, 3.05) is 18.4 Å². The SMILES string of the molecule is Cc1ccc(NCCCNC(=O)NC2CC2)nc1. The topological polar surface area (TPSA) is 66.0 Å². The van der Waals surface area contributed by atoms with E-state index in [9.17, 15) is 4.79 Å². The summed E-state index contributed by atoms with van der Waals surface area (Å²) in [5, 5.41) is 8.94. The number of hydrogen-bond acceptors (Lipinski definition) is 3. The van der Waals surface area contributed by atoms with Crippen LogP contribution in [0.3, 0.4) is 0 Å². The third-order valence-corrected chi connectivity index (χ3v) is 2.77. The molecule has 1 heterocycles. The second kappa shape index (κ2) is 6.23. The van der Waals surface area contributed by atoms with Crippen LogP contribution in [0, 0.1) is 6.92 Å². The third-order valence-electron chi connectivity index (χ3n) is 2.77. The number of hydrogen-bond donors (Lipinski definition) is 3. The molecule has 0 bridgehead atoms. The van der Waals surface area contributed by atoms with Gasteiger partial charge >= 0.3 is 6.03 Å². The van der Waals surface area contributed by atoms with Gasteiger partial charge in [-0.25, -0.2) is 9.78 Å². The first-order chi connectivity index (χ1) is 8.74. The summed E-state index contributed by atoms with van der Waals surface area (Å²) in [4.78, 5) is 15.6. The molecule has 1 aromatic rings. The number of aromatic nitrogens is 1. The molecule has 1 saturated carbocycles. The number of anilines is 1. The van der Waals surface area contributed by atoms with Gasteiger partial charge in [0.2, 0.25) is 0 Å². The Balaban J connectivity index is 1.52. The molecule has 18 heavy (non-hydrogen) atoms. The van der Waals surface area contributed by atoms with Crippen molar-refractivity contribution in [1.82, 2.24) is 15.6 Å². The number of aryl methyl sites for hydroxylation is 1. The van der Waals surface area contributed by atoms with Gasteiger partial charge in [-0.05, 0) is 37.8 Å². The quantitative estimate of drug-likeness (QED) is 0.671. The Morgan fingerprint density at radius 2 is 2.22 bits per heavy atom. The molecule has 0 spiro atoms. The summed E-state index contributed by atoms with van der Waals surface area (Å²) in [6, 6.07) is 4.35. The van der Waals surface area contributed by atoms with E-state index in [0.717, 1.165) is 37.2 Å². The molecular weight excluding hydrogens is 228 g/mol. The van der Waals surface area contributed by atoms with Crippen molar-refractivity contribution < 1.29 is 4.79 Å². The van der Waals surface area contributed by atoms with Crippen LogP contribution >= 0.6 is 0 Å². The normalized spacial score (nSPS) is 14.1. The van der Waals surface area contributed by atoms with Crippen LogP contribution in [0.5, 0.6) is 0 Å². The Morgan fingerprint density at radius 1 is 1.39 bits per heavy atom.